The molecule has 0 unspecified atom stereocenters. The Morgan fingerprint density at radius 1 is 0.304 bits per heavy atom. The molecule has 0 aromatic heterocycles. The van der Waals surface area contributed by atoms with E-state index in [1.807, 2.05) is 12.2 Å². The van der Waals surface area contributed by atoms with Crippen molar-refractivity contribution in [3.8, 4) is 0 Å². The van der Waals surface area contributed by atoms with Gasteiger partial charge in [-0.15, -0.1) is 0 Å². The van der Waals surface area contributed by atoms with Crippen LogP contribution < -0.4 is 0 Å². The predicted octanol–water partition coefficient (Wildman–Crippen LogP) is 18.2. The number of carbonyl (C=O) groups is 3. The smallest absolute Gasteiger partial charge is 0.306 e. The van der Waals surface area contributed by atoms with E-state index in [1.165, 1.54) is 44.9 Å². The van der Waals surface area contributed by atoms with Crippen molar-refractivity contribution in [3.63, 3.8) is 0 Å². The second-order valence-electron chi connectivity index (χ2n) is 17.0. The summed E-state index contributed by atoms with van der Waals surface area (Å²) in [5.74, 6) is -1.14. The second kappa shape index (κ2) is 55.6. The molecule has 0 aliphatic rings. The first-order chi connectivity index (χ1) is 34.0. The van der Waals surface area contributed by atoms with Gasteiger partial charge < -0.3 is 14.2 Å². The molecular weight excluding hydrogens is 853 g/mol. The van der Waals surface area contributed by atoms with Crippen molar-refractivity contribution in [1.29, 1.82) is 0 Å². The summed E-state index contributed by atoms with van der Waals surface area (Å²) in [5, 5.41) is 0. The van der Waals surface area contributed by atoms with Crippen molar-refractivity contribution in [3.05, 3.63) is 158 Å². The van der Waals surface area contributed by atoms with Gasteiger partial charge in [-0.2, -0.15) is 0 Å². The van der Waals surface area contributed by atoms with Crippen molar-refractivity contribution in [1.82, 2.24) is 0 Å². The summed E-state index contributed by atoms with van der Waals surface area (Å²) < 4.78 is 16.7. The number of allylic oxidation sites excluding steroid dienone is 26. The Kier molecular flexibility index (Phi) is 51.6. The third-order valence-electron chi connectivity index (χ3n) is 10.5. The zero-order valence-corrected chi connectivity index (χ0v) is 43.8. The molecule has 0 N–H and O–H groups in total. The minimum atomic E-state index is -0.864. The van der Waals surface area contributed by atoms with Crippen LogP contribution in [0.3, 0.4) is 0 Å². The molecule has 0 spiro atoms. The van der Waals surface area contributed by atoms with E-state index in [9.17, 15) is 14.4 Å². The van der Waals surface area contributed by atoms with Crippen molar-refractivity contribution in [2.45, 2.75) is 207 Å². The second-order valence-corrected chi connectivity index (χ2v) is 17.0. The van der Waals surface area contributed by atoms with Gasteiger partial charge in [-0.25, -0.2) is 0 Å². The van der Waals surface area contributed by atoms with Crippen LogP contribution in [0.5, 0.6) is 0 Å². The highest BCUT2D eigenvalue weighted by Gasteiger charge is 2.19. The molecule has 6 nitrogen and oxygen atoms in total. The van der Waals surface area contributed by atoms with E-state index in [-0.39, 0.29) is 44.4 Å². The molecule has 0 rings (SSSR count). The van der Waals surface area contributed by atoms with Crippen LogP contribution in [0, 0.1) is 0 Å². The van der Waals surface area contributed by atoms with Crippen molar-refractivity contribution >= 4 is 17.9 Å². The molecule has 0 aliphatic carbocycles. The van der Waals surface area contributed by atoms with E-state index in [4.69, 9.17) is 14.2 Å². The predicted molar refractivity (Wildman–Crippen MR) is 297 cm³/mol. The summed E-state index contributed by atoms with van der Waals surface area (Å²) in [5.41, 5.74) is 0. The molecule has 0 saturated heterocycles. The standard InChI is InChI=1S/C63H96O6/c1-4-7-10-13-16-19-22-25-28-30-31-33-36-39-42-45-48-51-54-57-63(66)69-60(58-67-61(64)55-52-49-46-43-40-37-34-27-24-21-18-15-12-9-6-3)59-68-62(65)56-53-50-47-44-41-38-35-32-29-26-23-20-17-14-11-8-5-2/h7,9-10,12,16,18-19,21,25-29,31,33-35,38-40,42-44,47-48,51,60H,4-6,8,11,13-15,17,20,22-24,30,32,36-37,41,45-46,49-50,52-59H2,1-3H3/b10-7-,12-9-,19-16-,21-18-,28-25-,29-26-,33-31-,34-27-,38-35-,42-39-,43-40-,47-44-,51-48-/t60-/m1/s1. The number of hydrogen-bond donors (Lipinski definition) is 0. The maximum absolute atomic E-state index is 12.8. The minimum Gasteiger partial charge on any atom is -0.462 e. The number of carbonyl (C=O) groups excluding carboxylic acids is 3. The van der Waals surface area contributed by atoms with Crippen LogP contribution in [0.1, 0.15) is 201 Å². The summed E-state index contributed by atoms with van der Waals surface area (Å²) in [6.45, 7) is 6.23. The third kappa shape index (κ3) is 53.8. The van der Waals surface area contributed by atoms with E-state index in [1.54, 1.807) is 0 Å². The Hall–Kier alpha value is -4.97. The minimum absolute atomic E-state index is 0.153. The largest absolute Gasteiger partial charge is 0.462 e. The first kappa shape index (κ1) is 64.0. The van der Waals surface area contributed by atoms with Gasteiger partial charge in [-0.3, -0.25) is 14.4 Å². The molecule has 0 aliphatic heterocycles. The third-order valence-corrected chi connectivity index (χ3v) is 10.5. The fraction of sp³-hybridized carbons (Fsp3) is 0.540. The highest BCUT2D eigenvalue weighted by Crippen LogP contribution is 2.10. The molecule has 0 fully saturated rings. The van der Waals surface area contributed by atoms with Crippen LogP contribution in [-0.4, -0.2) is 37.2 Å². The normalized spacial score (nSPS) is 13.4. The zero-order chi connectivity index (χ0) is 50.0. The van der Waals surface area contributed by atoms with Gasteiger partial charge in [0, 0.05) is 19.3 Å². The molecule has 1 atom stereocenters. The number of ether oxygens (including phenoxy) is 3. The molecule has 0 bridgehead atoms. The summed E-state index contributed by atoms with van der Waals surface area (Å²) in [6.07, 6.45) is 81.1. The summed E-state index contributed by atoms with van der Waals surface area (Å²) in [4.78, 5) is 38.0. The van der Waals surface area contributed by atoms with Crippen LogP contribution in [0.2, 0.25) is 0 Å². The zero-order valence-electron chi connectivity index (χ0n) is 43.8. The van der Waals surface area contributed by atoms with Gasteiger partial charge in [0.2, 0.25) is 0 Å². The molecule has 69 heavy (non-hydrogen) atoms. The number of unbranched alkanes of at least 4 members (excludes halogenated alkanes) is 9. The highest BCUT2D eigenvalue weighted by molar-refractivity contribution is 5.71. The van der Waals surface area contributed by atoms with Crippen molar-refractivity contribution in [2.24, 2.45) is 0 Å². The lowest BCUT2D eigenvalue weighted by molar-refractivity contribution is -0.166. The van der Waals surface area contributed by atoms with E-state index in [2.05, 4.69) is 167 Å². The lowest BCUT2D eigenvalue weighted by Crippen LogP contribution is -2.30. The fourth-order valence-electron chi connectivity index (χ4n) is 6.53. The SMILES string of the molecule is CC/C=C\C/C=C\C/C=C\C/C=C\C/C=C\C/C=C\CCC(=O)O[C@@H](COC(=O)CCC/C=C\C/C=C\C/C=C\CCCCCCCC)COC(=O)CCCC/C=C\C/C=C\C/C=C\C/C=C\CC. The van der Waals surface area contributed by atoms with Gasteiger partial charge in [0.05, 0.1) is 0 Å². The monoisotopic (exact) mass is 949 g/mol. The Balaban J connectivity index is 4.68. The van der Waals surface area contributed by atoms with Crippen LogP contribution in [0.4, 0.5) is 0 Å². The number of esters is 3. The maximum Gasteiger partial charge on any atom is 0.306 e. The van der Waals surface area contributed by atoms with Gasteiger partial charge in [0.25, 0.3) is 0 Å². The summed E-state index contributed by atoms with van der Waals surface area (Å²) in [6, 6.07) is 0. The Morgan fingerprint density at radius 2 is 0.609 bits per heavy atom. The number of rotatable bonds is 46. The molecule has 0 heterocycles. The Labute approximate surface area is 422 Å². The van der Waals surface area contributed by atoms with Gasteiger partial charge >= 0.3 is 17.9 Å². The van der Waals surface area contributed by atoms with E-state index < -0.39 is 12.1 Å². The van der Waals surface area contributed by atoms with Gasteiger partial charge in [-0.1, -0.05) is 211 Å². The maximum atomic E-state index is 12.8. The van der Waals surface area contributed by atoms with Crippen LogP contribution in [0.25, 0.3) is 0 Å². The summed E-state index contributed by atoms with van der Waals surface area (Å²) >= 11 is 0. The lowest BCUT2D eigenvalue weighted by atomic mass is 10.1. The van der Waals surface area contributed by atoms with Crippen LogP contribution in [-0.2, 0) is 28.6 Å². The average Bonchev–Trinajstić information content (AvgIpc) is 3.35. The average molecular weight is 949 g/mol. The first-order valence-corrected chi connectivity index (χ1v) is 27.0. The molecular formula is C63H96O6. The topological polar surface area (TPSA) is 78.9 Å². The summed E-state index contributed by atoms with van der Waals surface area (Å²) in [7, 11) is 0. The van der Waals surface area contributed by atoms with Crippen molar-refractivity contribution in [2.75, 3.05) is 13.2 Å². The molecule has 0 radical (unpaired) electrons. The van der Waals surface area contributed by atoms with Crippen LogP contribution >= 0.6 is 0 Å². The molecule has 0 amide bonds. The van der Waals surface area contributed by atoms with Crippen LogP contribution in [0.15, 0.2) is 158 Å². The fourth-order valence-corrected chi connectivity index (χ4v) is 6.53. The Bertz CT molecular complexity index is 1610. The van der Waals surface area contributed by atoms with E-state index in [0.29, 0.717) is 19.3 Å². The Morgan fingerprint density at radius 3 is 1.00 bits per heavy atom. The quantitative estimate of drug-likeness (QED) is 0.0262. The first-order valence-electron chi connectivity index (χ1n) is 27.0. The van der Waals surface area contributed by atoms with Crippen molar-refractivity contribution < 1.29 is 28.6 Å². The van der Waals surface area contributed by atoms with E-state index >= 15 is 0 Å². The highest BCUT2D eigenvalue weighted by atomic mass is 16.6. The molecule has 0 saturated carbocycles. The molecule has 6 heteroatoms. The number of hydrogen-bond acceptors (Lipinski definition) is 6. The lowest BCUT2D eigenvalue weighted by Gasteiger charge is -2.18. The van der Waals surface area contributed by atoms with E-state index in [0.717, 1.165) is 96.3 Å². The van der Waals surface area contributed by atoms with Gasteiger partial charge in [0.1, 0.15) is 13.2 Å². The van der Waals surface area contributed by atoms with Gasteiger partial charge in [-0.05, 0) is 128 Å². The molecule has 0 aromatic rings. The molecule has 0 aromatic carbocycles. The van der Waals surface area contributed by atoms with Gasteiger partial charge in [0.15, 0.2) is 6.10 Å². The molecule has 384 valence electrons.